The summed E-state index contributed by atoms with van der Waals surface area (Å²) in [6, 6.07) is 8.97. The van der Waals surface area contributed by atoms with Crippen LogP contribution in [-0.2, 0) is 4.74 Å². The number of halogens is 1. The van der Waals surface area contributed by atoms with Crippen molar-refractivity contribution in [2.24, 2.45) is 0 Å². The summed E-state index contributed by atoms with van der Waals surface area (Å²) in [5, 5.41) is 7.41. The van der Waals surface area contributed by atoms with Crippen LogP contribution in [0.2, 0.25) is 5.02 Å². The lowest BCUT2D eigenvalue weighted by Crippen LogP contribution is -2.06. The fourth-order valence-electron chi connectivity index (χ4n) is 1.61. The van der Waals surface area contributed by atoms with Gasteiger partial charge < -0.3 is 4.74 Å². The summed E-state index contributed by atoms with van der Waals surface area (Å²) in [5.41, 5.74) is 1.88. The summed E-state index contributed by atoms with van der Waals surface area (Å²) in [5.74, 6) is -0.380. The van der Waals surface area contributed by atoms with Crippen molar-refractivity contribution in [3.63, 3.8) is 0 Å². The van der Waals surface area contributed by atoms with Gasteiger partial charge in [-0.15, -0.1) is 0 Å². The van der Waals surface area contributed by atoms with Gasteiger partial charge in [0, 0.05) is 10.6 Å². The average Bonchev–Trinajstić information content (AvgIpc) is 2.88. The Morgan fingerprint density at radius 1 is 1.42 bits per heavy atom. The third-order valence-corrected chi connectivity index (χ3v) is 2.88. The van der Waals surface area contributed by atoms with Crippen molar-refractivity contribution in [1.29, 1.82) is 0 Å². The lowest BCUT2D eigenvalue weighted by molar-refractivity contribution is 0.0493. The largest absolute Gasteiger partial charge is 0.461 e. The molecule has 0 unspecified atom stereocenters. The van der Waals surface area contributed by atoms with E-state index in [9.17, 15) is 4.79 Å². The van der Waals surface area contributed by atoms with Gasteiger partial charge in [-0.05, 0) is 24.6 Å². The molecule has 1 heterocycles. The highest BCUT2D eigenvalue weighted by Gasteiger charge is 2.12. The molecule has 0 amide bonds. The van der Waals surface area contributed by atoms with E-state index in [0.717, 1.165) is 18.4 Å². The Morgan fingerprint density at radius 2 is 2.26 bits per heavy atom. The molecule has 5 heteroatoms. The molecule has 2 aromatic rings. The summed E-state index contributed by atoms with van der Waals surface area (Å²) in [6.45, 7) is 2.47. The molecule has 1 aromatic heterocycles. The number of aromatic amines is 1. The van der Waals surface area contributed by atoms with Crippen LogP contribution in [0.4, 0.5) is 0 Å². The van der Waals surface area contributed by atoms with E-state index in [1.165, 1.54) is 0 Å². The van der Waals surface area contributed by atoms with Gasteiger partial charge in [0.05, 0.1) is 12.3 Å². The zero-order valence-electron chi connectivity index (χ0n) is 10.6. The van der Waals surface area contributed by atoms with Crippen molar-refractivity contribution < 1.29 is 9.53 Å². The van der Waals surface area contributed by atoms with Gasteiger partial charge in [0.25, 0.3) is 0 Å². The predicted octanol–water partition coefficient (Wildman–Crippen LogP) is 3.69. The van der Waals surface area contributed by atoms with Gasteiger partial charge >= 0.3 is 5.97 Å². The first-order valence-electron chi connectivity index (χ1n) is 6.19. The molecular weight excluding hydrogens is 264 g/mol. The highest BCUT2D eigenvalue weighted by Crippen LogP contribution is 2.21. The molecule has 100 valence electrons. The van der Waals surface area contributed by atoms with Crippen molar-refractivity contribution in [3.8, 4) is 11.3 Å². The Bertz CT molecular complexity index is 566. The van der Waals surface area contributed by atoms with Crippen LogP contribution in [0.5, 0.6) is 0 Å². The van der Waals surface area contributed by atoms with E-state index in [1.807, 2.05) is 19.1 Å². The van der Waals surface area contributed by atoms with E-state index in [2.05, 4.69) is 10.2 Å². The fourth-order valence-corrected chi connectivity index (χ4v) is 1.80. The number of aromatic nitrogens is 2. The van der Waals surface area contributed by atoms with Gasteiger partial charge in [-0.2, -0.15) is 5.10 Å². The van der Waals surface area contributed by atoms with E-state index >= 15 is 0 Å². The number of rotatable bonds is 5. The minimum Gasteiger partial charge on any atom is -0.461 e. The minimum absolute atomic E-state index is 0.353. The molecule has 0 aliphatic carbocycles. The average molecular weight is 279 g/mol. The predicted molar refractivity (Wildman–Crippen MR) is 74.2 cm³/mol. The quantitative estimate of drug-likeness (QED) is 0.670. The molecule has 0 radical (unpaired) electrons. The Morgan fingerprint density at radius 3 is 3.00 bits per heavy atom. The number of nitrogens with one attached hydrogen (secondary N) is 1. The van der Waals surface area contributed by atoms with Gasteiger partial charge in [0.15, 0.2) is 0 Å². The van der Waals surface area contributed by atoms with E-state index < -0.39 is 0 Å². The third kappa shape index (κ3) is 3.58. The number of unbranched alkanes of at least 4 members (excludes halogenated alkanes) is 1. The first kappa shape index (κ1) is 13.6. The number of hydrogen-bond donors (Lipinski definition) is 1. The van der Waals surface area contributed by atoms with Crippen LogP contribution in [0.15, 0.2) is 30.3 Å². The topological polar surface area (TPSA) is 55.0 Å². The lowest BCUT2D eigenvalue weighted by atomic mass is 10.1. The Labute approximate surface area is 116 Å². The smallest absolute Gasteiger partial charge is 0.356 e. The van der Waals surface area contributed by atoms with Crippen LogP contribution in [0.3, 0.4) is 0 Å². The number of ether oxygens (including phenoxy) is 1. The summed E-state index contributed by atoms with van der Waals surface area (Å²) in [4.78, 5) is 11.7. The normalized spacial score (nSPS) is 10.4. The SMILES string of the molecule is CCCCOC(=O)c1cc(-c2cccc(Cl)c2)n[nH]1. The standard InChI is InChI=1S/C14H15ClN2O2/c1-2-3-7-19-14(18)13-9-12(16-17-13)10-5-4-6-11(15)8-10/h4-6,8-9H,2-3,7H2,1H3,(H,16,17). The molecule has 0 spiro atoms. The summed E-state index contributed by atoms with van der Waals surface area (Å²) < 4.78 is 5.11. The van der Waals surface area contributed by atoms with Crippen LogP contribution < -0.4 is 0 Å². The Kier molecular flexibility index (Phi) is 4.58. The van der Waals surface area contributed by atoms with Gasteiger partial charge in [0.2, 0.25) is 0 Å². The maximum Gasteiger partial charge on any atom is 0.356 e. The van der Waals surface area contributed by atoms with Crippen molar-refractivity contribution in [2.45, 2.75) is 19.8 Å². The molecule has 0 saturated heterocycles. The molecule has 1 N–H and O–H groups in total. The van der Waals surface area contributed by atoms with Gasteiger partial charge in [0.1, 0.15) is 5.69 Å². The molecule has 0 aliphatic heterocycles. The van der Waals surface area contributed by atoms with Crippen LogP contribution in [-0.4, -0.2) is 22.8 Å². The van der Waals surface area contributed by atoms with Crippen LogP contribution in [0.25, 0.3) is 11.3 Å². The van der Waals surface area contributed by atoms with E-state index in [1.54, 1.807) is 18.2 Å². The molecule has 0 atom stereocenters. The number of carbonyl (C=O) groups excluding carboxylic acids is 1. The highest BCUT2D eigenvalue weighted by atomic mass is 35.5. The molecule has 0 aliphatic rings. The second kappa shape index (κ2) is 6.38. The summed E-state index contributed by atoms with van der Waals surface area (Å²) in [6.07, 6.45) is 1.85. The molecule has 4 nitrogen and oxygen atoms in total. The zero-order chi connectivity index (χ0) is 13.7. The zero-order valence-corrected chi connectivity index (χ0v) is 11.4. The van der Waals surface area contributed by atoms with Crippen LogP contribution >= 0.6 is 11.6 Å². The Balaban J connectivity index is 2.08. The van der Waals surface area contributed by atoms with Crippen molar-refractivity contribution in [3.05, 3.63) is 41.0 Å². The molecule has 2 rings (SSSR count). The summed E-state index contributed by atoms with van der Waals surface area (Å²) in [7, 11) is 0. The molecular formula is C14H15ClN2O2. The van der Waals surface area contributed by atoms with Crippen molar-refractivity contribution in [2.75, 3.05) is 6.61 Å². The Hall–Kier alpha value is -1.81. The third-order valence-electron chi connectivity index (χ3n) is 2.65. The van der Waals surface area contributed by atoms with Gasteiger partial charge in [-0.25, -0.2) is 4.79 Å². The molecule has 0 bridgehead atoms. The maximum atomic E-state index is 11.7. The monoisotopic (exact) mass is 278 g/mol. The first-order valence-corrected chi connectivity index (χ1v) is 6.57. The van der Waals surface area contributed by atoms with E-state index in [-0.39, 0.29) is 5.97 Å². The minimum atomic E-state index is -0.380. The van der Waals surface area contributed by atoms with E-state index in [4.69, 9.17) is 16.3 Å². The van der Waals surface area contributed by atoms with Gasteiger partial charge in [-0.1, -0.05) is 37.1 Å². The van der Waals surface area contributed by atoms with Crippen LogP contribution in [0, 0.1) is 0 Å². The number of esters is 1. The number of H-pyrrole nitrogens is 1. The molecule has 0 fully saturated rings. The summed E-state index contributed by atoms with van der Waals surface area (Å²) >= 11 is 5.92. The number of hydrogen-bond acceptors (Lipinski definition) is 3. The highest BCUT2D eigenvalue weighted by molar-refractivity contribution is 6.30. The van der Waals surface area contributed by atoms with E-state index in [0.29, 0.717) is 23.0 Å². The van der Waals surface area contributed by atoms with Crippen molar-refractivity contribution in [1.82, 2.24) is 10.2 Å². The lowest BCUT2D eigenvalue weighted by Gasteiger charge is -2.00. The second-order valence-electron chi connectivity index (χ2n) is 4.17. The molecule has 0 saturated carbocycles. The molecule has 19 heavy (non-hydrogen) atoms. The van der Waals surface area contributed by atoms with Crippen molar-refractivity contribution >= 4 is 17.6 Å². The van der Waals surface area contributed by atoms with Crippen LogP contribution in [0.1, 0.15) is 30.3 Å². The molecule has 1 aromatic carbocycles. The van der Waals surface area contributed by atoms with Gasteiger partial charge in [-0.3, -0.25) is 5.10 Å². The number of benzene rings is 1. The number of carbonyl (C=O) groups is 1. The number of nitrogens with zero attached hydrogens (tertiary/aromatic N) is 1. The first-order chi connectivity index (χ1) is 9.20. The fraction of sp³-hybridized carbons (Fsp3) is 0.286. The second-order valence-corrected chi connectivity index (χ2v) is 4.60. The maximum absolute atomic E-state index is 11.7.